The smallest absolute Gasteiger partial charge is 0.0597 e. The molecule has 1 heterocycles. The second kappa shape index (κ2) is 2.29. The van der Waals surface area contributed by atoms with Crippen LogP contribution in [0, 0.1) is 0 Å². The Morgan fingerprint density at radius 2 is 2.38 bits per heavy atom. The molecule has 1 aliphatic rings. The minimum atomic E-state index is 0.641. The van der Waals surface area contributed by atoms with E-state index >= 15 is 0 Å². The molecule has 0 saturated heterocycles. The molecule has 0 spiro atoms. The summed E-state index contributed by atoms with van der Waals surface area (Å²) in [5.74, 6) is 0. The first-order chi connectivity index (χ1) is 3.79. The number of rotatable bonds is 0. The monoisotopic (exact) mass is 150 g/mol. The first-order valence-electron chi connectivity index (χ1n) is 2.04. The molecule has 1 N–H and O–H groups in total. The summed E-state index contributed by atoms with van der Waals surface area (Å²) in [5, 5.41) is 0.641. The third-order valence-corrected chi connectivity index (χ3v) is 1.14. The van der Waals surface area contributed by atoms with Crippen LogP contribution < -0.4 is 5.43 Å². The average Bonchev–Trinajstić information content (AvgIpc) is 1.77. The average molecular weight is 151 g/mol. The summed E-state index contributed by atoms with van der Waals surface area (Å²) in [7, 11) is 0. The lowest BCUT2D eigenvalue weighted by molar-refractivity contribution is 0.515. The number of halogens is 2. The molecule has 1 aliphatic heterocycles. The van der Waals surface area contributed by atoms with Crippen LogP contribution in [-0.4, -0.2) is 4.53 Å². The number of hydrogen-bond donors (Lipinski definition) is 1. The van der Waals surface area contributed by atoms with Crippen molar-refractivity contribution in [1.29, 1.82) is 0 Å². The molecule has 8 heavy (non-hydrogen) atoms. The standard InChI is InChI=1S/C4H4Cl2N2/c5-4-1-2-8(6)7-3-4/h1-3,7H. The number of allylic oxidation sites excluding steroid dienone is 2. The van der Waals surface area contributed by atoms with Gasteiger partial charge in [-0.05, 0) is 6.08 Å². The predicted molar refractivity (Wildman–Crippen MR) is 33.9 cm³/mol. The molecule has 0 aromatic heterocycles. The normalized spacial score (nSPS) is 17.8. The molecule has 0 unspecified atom stereocenters. The molecule has 0 aliphatic carbocycles. The van der Waals surface area contributed by atoms with Gasteiger partial charge >= 0.3 is 0 Å². The first-order valence-corrected chi connectivity index (χ1v) is 2.76. The molecule has 0 radical (unpaired) electrons. The van der Waals surface area contributed by atoms with Gasteiger partial charge in [0, 0.05) is 24.2 Å². The number of hydrogen-bond acceptors (Lipinski definition) is 2. The van der Waals surface area contributed by atoms with Gasteiger partial charge in [0.2, 0.25) is 0 Å². The van der Waals surface area contributed by atoms with Gasteiger partial charge in [0.1, 0.15) is 0 Å². The summed E-state index contributed by atoms with van der Waals surface area (Å²) in [6.07, 6.45) is 4.89. The minimum Gasteiger partial charge on any atom is -0.290 e. The molecular weight excluding hydrogens is 147 g/mol. The summed E-state index contributed by atoms with van der Waals surface area (Å²) in [4.78, 5) is 0. The van der Waals surface area contributed by atoms with E-state index in [2.05, 4.69) is 5.43 Å². The summed E-state index contributed by atoms with van der Waals surface area (Å²) in [6.45, 7) is 0. The van der Waals surface area contributed by atoms with Gasteiger partial charge in [-0.3, -0.25) is 5.43 Å². The van der Waals surface area contributed by atoms with Crippen LogP contribution in [0.2, 0.25) is 0 Å². The van der Waals surface area contributed by atoms with Crippen LogP contribution in [0.25, 0.3) is 0 Å². The zero-order valence-corrected chi connectivity index (χ0v) is 5.45. The molecule has 4 heteroatoms. The number of hydrazine groups is 1. The summed E-state index contributed by atoms with van der Waals surface area (Å²) >= 11 is 10.9. The van der Waals surface area contributed by atoms with Crippen LogP contribution >= 0.6 is 23.4 Å². The first kappa shape index (κ1) is 5.79. The molecule has 0 aromatic carbocycles. The number of nitrogens with zero attached hydrogens (tertiary/aromatic N) is 1. The fourth-order valence-electron chi connectivity index (χ4n) is 0.351. The molecule has 2 nitrogen and oxygen atoms in total. The Labute approximate surface area is 57.4 Å². The van der Waals surface area contributed by atoms with E-state index < -0.39 is 0 Å². The van der Waals surface area contributed by atoms with Gasteiger partial charge in [-0.15, -0.1) is 0 Å². The lowest BCUT2D eigenvalue weighted by atomic mass is 10.5. The van der Waals surface area contributed by atoms with Crippen molar-refractivity contribution in [3.05, 3.63) is 23.5 Å². The molecular formula is C4H4Cl2N2. The van der Waals surface area contributed by atoms with Gasteiger partial charge in [-0.2, -0.15) is 0 Å². The summed E-state index contributed by atoms with van der Waals surface area (Å²) in [6, 6.07) is 0. The maximum absolute atomic E-state index is 5.51. The SMILES string of the molecule is ClC1=CNN(Cl)C=C1. The maximum Gasteiger partial charge on any atom is 0.0597 e. The van der Waals surface area contributed by atoms with E-state index in [1.807, 2.05) is 0 Å². The van der Waals surface area contributed by atoms with E-state index in [-0.39, 0.29) is 0 Å². The van der Waals surface area contributed by atoms with Gasteiger partial charge in [0.15, 0.2) is 0 Å². The Hall–Kier alpha value is -0.340. The van der Waals surface area contributed by atoms with Crippen molar-refractivity contribution in [1.82, 2.24) is 9.95 Å². The Bertz CT molecular complexity index is 141. The van der Waals surface area contributed by atoms with Crippen molar-refractivity contribution in [2.24, 2.45) is 0 Å². The second-order valence-corrected chi connectivity index (χ2v) is 2.09. The molecule has 0 aromatic rings. The highest BCUT2D eigenvalue weighted by Gasteiger charge is 1.94. The Balaban J connectivity index is 2.58. The predicted octanol–water partition coefficient (Wildman–Crippen LogP) is 1.55. The zero-order chi connectivity index (χ0) is 5.98. The molecule has 1 rings (SSSR count). The van der Waals surface area contributed by atoms with E-state index in [1.165, 1.54) is 4.53 Å². The van der Waals surface area contributed by atoms with E-state index in [0.29, 0.717) is 5.03 Å². The topological polar surface area (TPSA) is 15.3 Å². The van der Waals surface area contributed by atoms with Crippen molar-refractivity contribution in [3.63, 3.8) is 0 Å². The summed E-state index contributed by atoms with van der Waals surface area (Å²) in [5.41, 5.74) is 2.65. The largest absolute Gasteiger partial charge is 0.290 e. The van der Waals surface area contributed by atoms with Crippen molar-refractivity contribution in [2.75, 3.05) is 0 Å². The Kier molecular flexibility index (Phi) is 1.65. The zero-order valence-electron chi connectivity index (χ0n) is 3.94. The van der Waals surface area contributed by atoms with Crippen LogP contribution in [0.3, 0.4) is 0 Å². The van der Waals surface area contributed by atoms with Crippen molar-refractivity contribution < 1.29 is 0 Å². The minimum absolute atomic E-state index is 0.641. The highest BCUT2D eigenvalue weighted by atomic mass is 35.5. The fraction of sp³-hybridized carbons (Fsp3) is 0. The molecule has 0 bridgehead atoms. The van der Waals surface area contributed by atoms with Crippen LogP contribution in [0.15, 0.2) is 23.5 Å². The Morgan fingerprint density at radius 3 is 2.75 bits per heavy atom. The summed E-state index contributed by atoms with van der Waals surface area (Å²) < 4.78 is 1.28. The second-order valence-electron chi connectivity index (χ2n) is 1.29. The van der Waals surface area contributed by atoms with Gasteiger partial charge in [0.25, 0.3) is 0 Å². The third kappa shape index (κ3) is 1.32. The molecule has 0 atom stereocenters. The van der Waals surface area contributed by atoms with Crippen LogP contribution in [0.5, 0.6) is 0 Å². The Morgan fingerprint density at radius 1 is 1.62 bits per heavy atom. The van der Waals surface area contributed by atoms with Crippen molar-refractivity contribution in [3.8, 4) is 0 Å². The third-order valence-electron chi connectivity index (χ3n) is 0.690. The van der Waals surface area contributed by atoms with E-state index in [0.717, 1.165) is 0 Å². The van der Waals surface area contributed by atoms with Crippen molar-refractivity contribution >= 4 is 23.4 Å². The van der Waals surface area contributed by atoms with Crippen LogP contribution in [0.4, 0.5) is 0 Å². The maximum atomic E-state index is 5.51. The molecule has 0 amide bonds. The lowest BCUT2D eigenvalue weighted by Gasteiger charge is -2.12. The van der Waals surface area contributed by atoms with Gasteiger partial charge < -0.3 is 0 Å². The molecule has 0 saturated carbocycles. The fourth-order valence-corrected chi connectivity index (χ4v) is 0.561. The van der Waals surface area contributed by atoms with Crippen LogP contribution in [-0.2, 0) is 0 Å². The van der Waals surface area contributed by atoms with E-state index in [9.17, 15) is 0 Å². The molecule has 44 valence electrons. The molecule has 0 fully saturated rings. The van der Waals surface area contributed by atoms with Crippen LogP contribution in [0.1, 0.15) is 0 Å². The highest BCUT2D eigenvalue weighted by molar-refractivity contribution is 6.31. The quantitative estimate of drug-likeness (QED) is 0.528. The number of nitrogens with one attached hydrogen (secondary N) is 1. The lowest BCUT2D eigenvalue weighted by Crippen LogP contribution is -2.20. The highest BCUT2D eigenvalue weighted by Crippen LogP contribution is 2.07. The van der Waals surface area contributed by atoms with Gasteiger partial charge in [-0.1, -0.05) is 11.6 Å². The van der Waals surface area contributed by atoms with E-state index in [4.69, 9.17) is 23.4 Å². The van der Waals surface area contributed by atoms with Gasteiger partial charge in [-0.25, -0.2) is 4.53 Å². The van der Waals surface area contributed by atoms with Crippen molar-refractivity contribution in [2.45, 2.75) is 0 Å². The van der Waals surface area contributed by atoms with E-state index in [1.54, 1.807) is 18.5 Å². The van der Waals surface area contributed by atoms with Gasteiger partial charge in [0.05, 0.1) is 5.03 Å².